The Kier molecular flexibility index (Phi) is 5.43. The Hall–Kier alpha value is -6.07. The van der Waals surface area contributed by atoms with Crippen molar-refractivity contribution in [3.8, 4) is 34.4 Å². The second-order valence-corrected chi connectivity index (χ2v) is 10.9. The molecule has 0 fully saturated rings. The van der Waals surface area contributed by atoms with Crippen LogP contribution in [0.3, 0.4) is 0 Å². The Balaban J connectivity index is 1.46. The summed E-state index contributed by atoms with van der Waals surface area (Å²) in [6.07, 6.45) is 0. The fourth-order valence-electron chi connectivity index (χ4n) is 6.47. The molecule has 5 heteroatoms. The van der Waals surface area contributed by atoms with Crippen molar-refractivity contribution in [2.75, 3.05) is 0 Å². The first-order chi connectivity index (χ1) is 21.8. The standard InChI is InChI=1S/C39H25N5/c1-4-14-26(15-5-1)37-40-38(27-16-6-2-7-17-27)42-39(41-37)44-32-22-12-10-20-29(32)30-24-25-34-35(36(30)44)31-21-11-13-23-33(31)43(34)28-18-8-3-9-19-28/h1-25H. The molecule has 6 aromatic carbocycles. The van der Waals surface area contributed by atoms with E-state index < -0.39 is 0 Å². The summed E-state index contributed by atoms with van der Waals surface area (Å²) in [5.74, 6) is 1.87. The van der Waals surface area contributed by atoms with Gasteiger partial charge in [-0.1, -0.05) is 121 Å². The van der Waals surface area contributed by atoms with Crippen LogP contribution in [0, 0.1) is 0 Å². The summed E-state index contributed by atoms with van der Waals surface area (Å²) >= 11 is 0. The minimum Gasteiger partial charge on any atom is -0.309 e. The first-order valence-corrected chi connectivity index (χ1v) is 14.7. The molecule has 206 valence electrons. The summed E-state index contributed by atoms with van der Waals surface area (Å²) < 4.78 is 4.58. The fourth-order valence-corrected chi connectivity index (χ4v) is 6.47. The summed E-state index contributed by atoms with van der Waals surface area (Å²) in [7, 11) is 0. The maximum atomic E-state index is 5.16. The molecular weight excluding hydrogens is 538 g/mol. The summed E-state index contributed by atoms with van der Waals surface area (Å²) in [5, 5.41) is 4.67. The first-order valence-electron chi connectivity index (χ1n) is 14.7. The number of hydrogen-bond donors (Lipinski definition) is 0. The van der Waals surface area contributed by atoms with Crippen LogP contribution in [0.15, 0.2) is 152 Å². The van der Waals surface area contributed by atoms with Crippen molar-refractivity contribution in [1.29, 1.82) is 0 Å². The minimum absolute atomic E-state index is 0.591. The highest BCUT2D eigenvalue weighted by atomic mass is 15.2. The quantitative estimate of drug-likeness (QED) is 0.214. The predicted molar refractivity (Wildman–Crippen MR) is 179 cm³/mol. The molecule has 0 saturated carbocycles. The van der Waals surface area contributed by atoms with Gasteiger partial charge in [-0.3, -0.25) is 4.57 Å². The van der Waals surface area contributed by atoms with E-state index in [1.165, 1.54) is 10.8 Å². The van der Waals surface area contributed by atoms with Gasteiger partial charge in [0.25, 0.3) is 0 Å². The topological polar surface area (TPSA) is 48.5 Å². The van der Waals surface area contributed by atoms with Gasteiger partial charge in [0.05, 0.1) is 22.1 Å². The highest BCUT2D eigenvalue weighted by Gasteiger charge is 2.22. The monoisotopic (exact) mass is 563 g/mol. The SMILES string of the molecule is c1ccc(-c2nc(-c3ccccc3)nc(-n3c4ccccc4c4ccc5c(c6ccccc6n5-c5ccccc5)c43)n2)cc1. The average Bonchev–Trinajstić information content (AvgIpc) is 3.62. The molecule has 0 spiro atoms. The normalized spacial score (nSPS) is 11.6. The van der Waals surface area contributed by atoms with Gasteiger partial charge in [0.2, 0.25) is 5.95 Å². The number of aromatic nitrogens is 5. The number of nitrogens with zero attached hydrogens (tertiary/aromatic N) is 5. The summed E-state index contributed by atoms with van der Waals surface area (Å²) in [4.78, 5) is 15.3. The summed E-state index contributed by atoms with van der Waals surface area (Å²) in [6.45, 7) is 0. The number of para-hydroxylation sites is 3. The highest BCUT2D eigenvalue weighted by Crippen LogP contribution is 2.41. The van der Waals surface area contributed by atoms with Crippen molar-refractivity contribution in [3.05, 3.63) is 152 Å². The fraction of sp³-hybridized carbons (Fsp3) is 0. The third-order valence-electron chi connectivity index (χ3n) is 8.37. The number of rotatable bonds is 4. The van der Waals surface area contributed by atoms with E-state index in [0.717, 1.165) is 49.7 Å². The number of hydrogen-bond acceptors (Lipinski definition) is 3. The highest BCUT2D eigenvalue weighted by molar-refractivity contribution is 6.26. The van der Waals surface area contributed by atoms with Crippen molar-refractivity contribution in [2.45, 2.75) is 0 Å². The van der Waals surface area contributed by atoms with E-state index in [4.69, 9.17) is 15.0 Å². The molecule has 3 aromatic heterocycles. The summed E-state index contributed by atoms with van der Waals surface area (Å²) in [6, 6.07) is 52.5. The van der Waals surface area contributed by atoms with Gasteiger partial charge in [0.15, 0.2) is 11.6 Å². The third kappa shape index (κ3) is 3.69. The van der Waals surface area contributed by atoms with Gasteiger partial charge >= 0.3 is 0 Å². The lowest BCUT2D eigenvalue weighted by atomic mass is 10.1. The number of benzene rings is 6. The molecule has 5 nitrogen and oxygen atoms in total. The lowest BCUT2D eigenvalue weighted by Gasteiger charge is -2.11. The second-order valence-electron chi connectivity index (χ2n) is 10.9. The minimum atomic E-state index is 0.591. The van der Waals surface area contributed by atoms with Crippen LogP contribution in [0.1, 0.15) is 0 Å². The third-order valence-corrected chi connectivity index (χ3v) is 8.37. The van der Waals surface area contributed by atoms with Crippen LogP contribution < -0.4 is 0 Å². The smallest absolute Gasteiger partial charge is 0.238 e. The van der Waals surface area contributed by atoms with Crippen LogP contribution in [0.2, 0.25) is 0 Å². The Morgan fingerprint density at radius 2 is 0.886 bits per heavy atom. The van der Waals surface area contributed by atoms with E-state index in [-0.39, 0.29) is 0 Å². The van der Waals surface area contributed by atoms with Gasteiger partial charge in [-0.2, -0.15) is 9.97 Å². The molecule has 0 unspecified atom stereocenters. The van der Waals surface area contributed by atoms with E-state index in [9.17, 15) is 0 Å². The lowest BCUT2D eigenvalue weighted by Crippen LogP contribution is -2.06. The van der Waals surface area contributed by atoms with Gasteiger partial charge in [-0.25, -0.2) is 4.98 Å². The largest absolute Gasteiger partial charge is 0.309 e. The van der Waals surface area contributed by atoms with Gasteiger partial charge in [0, 0.05) is 38.4 Å². The second kappa shape index (κ2) is 9.75. The van der Waals surface area contributed by atoms with Crippen molar-refractivity contribution >= 4 is 43.6 Å². The predicted octanol–water partition coefficient (Wildman–Crippen LogP) is 9.40. The van der Waals surface area contributed by atoms with Gasteiger partial charge < -0.3 is 4.57 Å². The molecule has 9 rings (SSSR count). The van der Waals surface area contributed by atoms with Crippen LogP contribution in [-0.4, -0.2) is 24.1 Å². The average molecular weight is 564 g/mol. The number of fused-ring (bicyclic) bond motifs is 7. The molecule has 0 amide bonds. The molecule has 0 aliphatic carbocycles. The Bertz CT molecular complexity index is 2420. The molecule has 0 radical (unpaired) electrons. The Morgan fingerprint density at radius 3 is 1.52 bits per heavy atom. The molecule has 0 bridgehead atoms. The van der Waals surface area contributed by atoms with E-state index in [1.54, 1.807) is 0 Å². The van der Waals surface area contributed by atoms with E-state index in [0.29, 0.717) is 17.6 Å². The van der Waals surface area contributed by atoms with Crippen molar-refractivity contribution in [1.82, 2.24) is 24.1 Å². The first kappa shape index (κ1) is 24.5. The molecule has 3 heterocycles. The van der Waals surface area contributed by atoms with Crippen molar-refractivity contribution in [2.24, 2.45) is 0 Å². The van der Waals surface area contributed by atoms with Crippen LogP contribution in [0.5, 0.6) is 0 Å². The Labute approximate surface area is 253 Å². The molecule has 9 aromatic rings. The molecule has 44 heavy (non-hydrogen) atoms. The van der Waals surface area contributed by atoms with E-state index >= 15 is 0 Å². The molecule has 0 N–H and O–H groups in total. The molecule has 0 aliphatic rings. The zero-order chi connectivity index (χ0) is 29.0. The zero-order valence-electron chi connectivity index (χ0n) is 23.7. The molecule has 0 saturated heterocycles. The maximum Gasteiger partial charge on any atom is 0.238 e. The van der Waals surface area contributed by atoms with Crippen LogP contribution in [0.25, 0.3) is 78.0 Å². The van der Waals surface area contributed by atoms with E-state index in [1.807, 2.05) is 60.7 Å². The van der Waals surface area contributed by atoms with Crippen molar-refractivity contribution < 1.29 is 0 Å². The molecule has 0 atom stereocenters. The van der Waals surface area contributed by atoms with Gasteiger partial charge in [-0.05, 0) is 30.3 Å². The van der Waals surface area contributed by atoms with Gasteiger partial charge in [0.1, 0.15) is 0 Å². The maximum absolute atomic E-state index is 5.16. The van der Waals surface area contributed by atoms with Crippen LogP contribution >= 0.6 is 0 Å². The Morgan fingerprint density at radius 1 is 0.364 bits per heavy atom. The van der Waals surface area contributed by atoms with E-state index in [2.05, 4.69) is 100 Å². The zero-order valence-corrected chi connectivity index (χ0v) is 23.7. The summed E-state index contributed by atoms with van der Waals surface area (Å²) in [5.41, 5.74) is 7.44. The van der Waals surface area contributed by atoms with Crippen LogP contribution in [0.4, 0.5) is 0 Å². The molecular formula is C39H25N5. The lowest BCUT2D eigenvalue weighted by molar-refractivity contribution is 0.955. The van der Waals surface area contributed by atoms with Gasteiger partial charge in [-0.15, -0.1) is 0 Å². The van der Waals surface area contributed by atoms with Crippen LogP contribution in [-0.2, 0) is 0 Å². The molecule has 0 aliphatic heterocycles. The van der Waals surface area contributed by atoms with Crippen molar-refractivity contribution in [3.63, 3.8) is 0 Å².